The van der Waals surface area contributed by atoms with E-state index in [1.807, 2.05) is 51.1 Å². The Morgan fingerprint density at radius 1 is 0.598 bits per heavy atom. The number of carbonyl (C=O) groups is 11. The van der Waals surface area contributed by atoms with Crippen LogP contribution in [0.25, 0.3) is 0 Å². The first kappa shape index (κ1) is 75.6. The molecule has 1 aromatic rings. The molecule has 1 heterocycles. The minimum Gasteiger partial charge on any atom is -0.458 e. The topological polar surface area (TPSA) is 434 Å². The summed E-state index contributed by atoms with van der Waals surface area (Å²) in [5.41, 5.74) is 11.9. The summed E-state index contributed by atoms with van der Waals surface area (Å²) in [7, 11) is 1.61. The maximum absolute atomic E-state index is 14.5. The molecule has 16 atom stereocenters. The fourth-order valence-corrected chi connectivity index (χ4v) is 9.25. The van der Waals surface area contributed by atoms with E-state index in [-0.39, 0.29) is 44.1 Å². The average Bonchev–Trinajstić information content (AvgIpc) is 3.01. The lowest BCUT2D eigenvalue weighted by molar-refractivity contribution is -0.157. The maximum Gasteiger partial charge on any atom is 0.329 e. The van der Waals surface area contributed by atoms with Gasteiger partial charge in [0.15, 0.2) is 5.96 Å². The summed E-state index contributed by atoms with van der Waals surface area (Å²) in [4.78, 5) is 157. The van der Waals surface area contributed by atoms with Gasteiger partial charge in [-0.15, -0.1) is 0 Å². The van der Waals surface area contributed by atoms with Crippen LogP contribution in [0.4, 0.5) is 0 Å². The van der Waals surface area contributed by atoms with E-state index in [2.05, 4.69) is 63.5 Å². The number of likely N-dealkylation sites (N-methyl/N-ethyl adjacent to an activating group) is 1. The number of aliphatic hydroxyl groups excluding tert-OH is 2. The number of ether oxygens (including phenoxy) is 1. The summed E-state index contributed by atoms with van der Waals surface area (Å²) in [6.07, 6.45) is 0.485. The normalized spacial score (nSPS) is 21.3. The molecule has 28 heteroatoms. The second-order valence-electron chi connectivity index (χ2n) is 23.1. The zero-order chi connectivity index (χ0) is 65.8. The largest absolute Gasteiger partial charge is 0.458 e. The molecule has 0 unspecified atom stereocenters. The number of nitrogens with one attached hydrogen (secondary N) is 11. The minimum atomic E-state index is -1.79. The zero-order valence-electron chi connectivity index (χ0n) is 52.9. The van der Waals surface area contributed by atoms with Crippen LogP contribution in [-0.4, -0.2) is 181 Å². The number of nitrogens with two attached hydrogens (primary N) is 2. The predicted molar refractivity (Wildman–Crippen MR) is 325 cm³/mol. The summed E-state index contributed by atoms with van der Waals surface area (Å²) >= 11 is 0. The highest BCUT2D eigenvalue weighted by Crippen LogP contribution is 2.18. The number of carbonyl (C=O) groups excluding carboxylic acids is 11. The molecule has 87 heavy (non-hydrogen) atoms. The van der Waals surface area contributed by atoms with E-state index in [0.29, 0.717) is 25.7 Å². The third-order valence-corrected chi connectivity index (χ3v) is 15.7. The molecule has 0 bridgehead atoms. The molecular formula is C59H100N14O14. The molecule has 1 aliphatic rings. The van der Waals surface area contributed by atoms with E-state index in [9.17, 15) is 63.0 Å². The van der Waals surface area contributed by atoms with Crippen LogP contribution in [0.2, 0.25) is 0 Å². The van der Waals surface area contributed by atoms with Crippen molar-refractivity contribution in [3.8, 4) is 0 Å². The molecule has 0 saturated carbocycles. The zero-order valence-corrected chi connectivity index (χ0v) is 52.9. The first-order valence-corrected chi connectivity index (χ1v) is 30.2. The van der Waals surface area contributed by atoms with Crippen LogP contribution < -0.4 is 70.0 Å². The van der Waals surface area contributed by atoms with Gasteiger partial charge in [-0.05, 0) is 81.7 Å². The number of rotatable bonds is 33. The molecule has 490 valence electrons. The average molecular weight is 1230 g/mol. The number of esters is 1. The van der Waals surface area contributed by atoms with Gasteiger partial charge in [-0.1, -0.05) is 125 Å². The van der Waals surface area contributed by atoms with E-state index in [1.165, 1.54) is 13.8 Å². The smallest absolute Gasteiger partial charge is 0.329 e. The second-order valence-corrected chi connectivity index (χ2v) is 23.1. The molecule has 28 nitrogen and oxygen atoms in total. The molecule has 0 aromatic heterocycles. The quantitative estimate of drug-likeness (QED) is 0.0155. The van der Waals surface area contributed by atoms with Gasteiger partial charge in [0.2, 0.25) is 59.1 Å². The van der Waals surface area contributed by atoms with Crippen molar-refractivity contribution < 1.29 is 67.7 Å². The molecular weight excluding hydrogens is 1130 g/mol. The Balaban J connectivity index is 2.44. The number of aliphatic imine (C=N–C) groups is 1. The lowest BCUT2D eigenvalue weighted by Crippen LogP contribution is -2.63. The van der Waals surface area contributed by atoms with Gasteiger partial charge < -0.3 is 84.9 Å². The molecule has 1 aromatic carbocycles. The maximum atomic E-state index is 14.5. The van der Waals surface area contributed by atoms with Gasteiger partial charge in [-0.3, -0.25) is 52.9 Å². The van der Waals surface area contributed by atoms with Crippen molar-refractivity contribution >= 4 is 71.0 Å². The van der Waals surface area contributed by atoms with Crippen molar-refractivity contribution in [1.29, 1.82) is 0 Å². The Kier molecular flexibility index (Phi) is 33.0. The van der Waals surface area contributed by atoms with Crippen molar-refractivity contribution in [3.05, 3.63) is 35.9 Å². The number of benzene rings is 1. The van der Waals surface area contributed by atoms with Gasteiger partial charge in [0, 0.05) is 6.54 Å². The molecule has 0 aliphatic carbocycles. The van der Waals surface area contributed by atoms with Crippen molar-refractivity contribution in [2.24, 2.45) is 46.0 Å². The van der Waals surface area contributed by atoms with Gasteiger partial charge in [-0.25, -0.2) is 4.79 Å². The van der Waals surface area contributed by atoms with Crippen LogP contribution in [0.5, 0.6) is 0 Å². The Labute approximate surface area is 511 Å². The van der Waals surface area contributed by atoms with Crippen LogP contribution in [0, 0.1) is 29.6 Å². The molecule has 0 spiro atoms. The molecule has 1 aliphatic heterocycles. The number of nitrogens with zero attached hydrogens (tertiary/aromatic N) is 1. The van der Waals surface area contributed by atoms with Crippen molar-refractivity contribution in [2.75, 3.05) is 26.8 Å². The molecule has 0 radical (unpaired) electrons. The second kappa shape index (κ2) is 38.0. The first-order chi connectivity index (χ1) is 41.0. The van der Waals surface area contributed by atoms with Crippen molar-refractivity contribution in [3.63, 3.8) is 0 Å². The monoisotopic (exact) mass is 1230 g/mol. The standard InChI is InChI=1S/C59H100N14O14/c1-14-31(7)43(70-50(78)39(62-13)27-37-22-19-18-20-23-37)54(82)67-41(28-74)52(80)65-38(24-21-25-63-59(60)61)49(77)69-45(33(9)16-3)56(84)71-44(32(8)15-2)55(83)68-42(29-75)53(81)73-47-36(12)87-58(86)46(34(10)17-4)72-51(79)40(26-30(5)6)66-48(76)35(11)64-57(47)85/h18-20,22-23,30-36,38-47,62,74-75H,14-17,21,24-29H2,1-13H3,(H,64,85)(H,65,80)(H,66,76)(H,67,82)(H,68,83)(H,69,77)(H,70,78)(H,71,84)(H,72,79)(H,73,81)(H4,60,61,63)/t31-,32-,33-,34-,35-,36-,38+,39+,40-,41-,42-,43-,44-,45+,46-,47+/m0/s1. The summed E-state index contributed by atoms with van der Waals surface area (Å²) < 4.78 is 5.72. The number of hydrogen-bond donors (Lipinski definition) is 15. The van der Waals surface area contributed by atoms with Gasteiger partial charge in [0.25, 0.3) is 0 Å². The SMILES string of the molecule is CC[C@H](C)[C@H](NC(=O)[C@@H](Cc1ccccc1)NC)C(=O)N[C@@H](CO)C(=O)N[C@H](CCCN=C(N)N)C(=O)N[C@@H](C(=O)N[C@H](C(=O)N[C@@H](CO)C(=O)N[C@H]1C(=O)N[C@@H](C)C(=O)N[C@@H](CC(C)C)C(=O)N[C@@H]([C@@H](C)CC)C(=O)O[C@H]1C)[C@@H](C)CC)[C@@H](C)CC. The van der Waals surface area contributed by atoms with Gasteiger partial charge in [0.05, 0.1) is 19.3 Å². The molecule has 2 rings (SSSR count). The highest BCUT2D eigenvalue weighted by molar-refractivity contribution is 5.99. The van der Waals surface area contributed by atoms with Crippen LogP contribution >= 0.6 is 0 Å². The number of cyclic esters (lactones) is 1. The Hall–Kier alpha value is -7.46. The fourth-order valence-electron chi connectivity index (χ4n) is 9.25. The summed E-state index contributed by atoms with van der Waals surface area (Å²) in [5.74, 6) is -11.9. The lowest BCUT2D eigenvalue weighted by Gasteiger charge is -2.31. The van der Waals surface area contributed by atoms with Crippen molar-refractivity contribution in [2.45, 2.75) is 207 Å². The van der Waals surface area contributed by atoms with Crippen LogP contribution in [0.15, 0.2) is 35.3 Å². The summed E-state index contributed by atoms with van der Waals surface area (Å²) in [6, 6.07) is -5.59. The van der Waals surface area contributed by atoms with E-state index >= 15 is 0 Å². The fraction of sp³-hybridized carbons (Fsp3) is 0.695. The van der Waals surface area contributed by atoms with Crippen LogP contribution in [-0.2, 0) is 63.9 Å². The molecule has 17 N–H and O–H groups in total. The predicted octanol–water partition coefficient (Wildman–Crippen LogP) is -2.10. The molecule has 1 saturated heterocycles. The highest BCUT2D eigenvalue weighted by atomic mass is 16.5. The third-order valence-electron chi connectivity index (χ3n) is 15.7. The highest BCUT2D eigenvalue weighted by Gasteiger charge is 2.41. The van der Waals surface area contributed by atoms with Gasteiger partial charge >= 0.3 is 5.97 Å². The number of aliphatic hydroxyl groups is 2. The number of guanidine groups is 1. The van der Waals surface area contributed by atoms with E-state index < -0.39 is 174 Å². The minimum absolute atomic E-state index is 0.0150. The van der Waals surface area contributed by atoms with Crippen LogP contribution in [0.1, 0.15) is 134 Å². The van der Waals surface area contributed by atoms with Gasteiger partial charge in [0.1, 0.15) is 66.5 Å². The third kappa shape index (κ3) is 24.3. The Bertz CT molecular complexity index is 2480. The number of hydrogen-bond acceptors (Lipinski definition) is 16. The van der Waals surface area contributed by atoms with E-state index in [0.717, 1.165) is 5.56 Å². The van der Waals surface area contributed by atoms with Crippen LogP contribution in [0.3, 0.4) is 0 Å². The van der Waals surface area contributed by atoms with E-state index in [1.54, 1.807) is 55.5 Å². The summed E-state index contributed by atoms with van der Waals surface area (Å²) in [5, 5.41) is 49.9. The van der Waals surface area contributed by atoms with Crippen molar-refractivity contribution in [1.82, 2.24) is 58.5 Å². The number of amides is 10. The molecule has 1 fully saturated rings. The Morgan fingerprint density at radius 3 is 1.54 bits per heavy atom. The Morgan fingerprint density at radius 2 is 1.07 bits per heavy atom. The molecule has 10 amide bonds. The lowest BCUT2D eigenvalue weighted by atomic mass is 9.94. The van der Waals surface area contributed by atoms with E-state index in [4.69, 9.17) is 16.2 Å². The van der Waals surface area contributed by atoms with Gasteiger partial charge in [-0.2, -0.15) is 0 Å². The first-order valence-electron chi connectivity index (χ1n) is 30.2. The summed E-state index contributed by atoms with van der Waals surface area (Å²) in [6.45, 7) is 18.2.